The number of carboxylic acids is 2. The number of amides is 14. The van der Waals surface area contributed by atoms with Gasteiger partial charge in [-0.2, -0.15) is 0 Å². The number of nitrogens with zero attached hydrogens (tertiary/aromatic N) is 3. The van der Waals surface area contributed by atoms with Gasteiger partial charge in [-0.25, -0.2) is 14.8 Å². The normalized spacial score (nSPS) is 15.9. The van der Waals surface area contributed by atoms with Crippen LogP contribution in [0.15, 0.2) is 140 Å². The molecule has 7 aromatic rings. The van der Waals surface area contributed by atoms with Crippen molar-refractivity contribution in [2.24, 2.45) is 29.2 Å². The van der Waals surface area contributed by atoms with E-state index >= 15 is 9.59 Å². The van der Waals surface area contributed by atoms with E-state index in [-0.39, 0.29) is 94.2 Å². The average molecular weight is 1920 g/mol. The summed E-state index contributed by atoms with van der Waals surface area (Å²) in [4.78, 5) is 247. The summed E-state index contributed by atoms with van der Waals surface area (Å²) in [5.41, 5.74) is 15.0. The van der Waals surface area contributed by atoms with Crippen LogP contribution < -0.4 is 85.9 Å². The van der Waals surface area contributed by atoms with Crippen LogP contribution in [0.2, 0.25) is 0 Å². The summed E-state index contributed by atoms with van der Waals surface area (Å²) in [5, 5.41) is 108. The molecule has 1 aliphatic heterocycles. The third kappa shape index (κ3) is 33.7. The molecule has 1 fully saturated rings. The van der Waals surface area contributed by atoms with Crippen LogP contribution in [0.3, 0.4) is 0 Å². The molecule has 3 aromatic heterocycles. The van der Waals surface area contributed by atoms with E-state index in [0.717, 1.165) is 10.5 Å². The zero-order valence-electron chi connectivity index (χ0n) is 77.9. The molecule has 4 heterocycles. The topological polar surface area (TPSA) is 715 Å². The van der Waals surface area contributed by atoms with E-state index in [1.165, 1.54) is 83.2 Å². The summed E-state index contributed by atoms with van der Waals surface area (Å²) >= 11 is 0. The van der Waals surface area contributed by atoms with Gasteiger partial charge in [-0.3, -0.25) is 77.3 Å². The van der Waals surface area contributed by atoms with Crippen LogP contribution in [-0.2, 0) is 115 Å². The molecule has 746 valence electrons. The van der Waals surface area contributed by atoms with Crippen LogP contribution in [0, 0.1) is 23.2 Å². The van der Waals surface area contributed by atoms with Gasteiger partial charge in [0.2, 0.25) is 82.7 Å². The summed E-state index contributed by atoms with van der Waals surface area (Å²) in [6.45, 7) is 11.1. The third-order valence-electron chi connectivity index (χ3n) is 22.8. The number of carboxylic acid groups (broad SMARTS) is 2. The Labute approximate surface area is 795 Å². The molecule has 17 atom stereocenters. The average Bonchev–Trinajstić information content (AvgIpc) is 1.68. The highest BCUT2D eigenvalue weighted by atomic mass is 16.4. The van der Waals surface area contributed by atoms with Crippen LogP contribution >= 0.6 is 0 Å². The lowest BCUT2D eigenvalue weighted by molar-refractivity contribution is -0.150. The van der Waals surface area contributed by atoms with E-state index in [1.807, 2.05) is 13.8 Å². The number of aliphatic hydroxyl groups excluding tert-OH is 3. The first-order chi connectivity index (χ1) is 65.6. The molecule has 1 saturated heterocycles. The Morgan fingerprint density at radius 1 is 0.457 bits per heavy atom. The Bertz CT molecular complexity index is 5290. The van der Waals surface area contributed by atoms with Gasteiger partial charge in [0.05, 0.1) is 43.9 Å². The van der Waals surface area contributed by atoms with Gasteiger partial charge >= 0.3 is 11.9 Å². The number of aromatic nitrogens is 5. The quantitative estimate of drug-likeness (QED) is 0.0103. The number of carbonyl (C=O) groups excluding carboxylic acids is 14. The predicted octanol–water partition coefficient (Wildman–Crippen LogP) is -2.98. The molecule has 0 spiro atoms. The van der Waals surface area contributed by atoms with E-state index in [0.29, 0.717) is 39.7 Å². The van der Waals surface area contributed by atoms with E-state index in [9.17, 15) is 97.8 Å². The number of hydrogen-bond acceptors (Lipinski definition) is 24. The number of imidazole rings is 2. The van der Waals surface area contributed by atoms with Gasteiger partial charge in [0.1, 0.15) is 90.3 Å². The van der Waals surface area contributed by atoms with Gasteiger partial charge in [0, 0.05) is 86.1 Å². The molecule has 0 radical (unpaired) electrons. The summed E-state index contributed by atoms with van der Waals surface area (Å²) in [6.07, 6.45) is 0.929. The van der Waals surface area contributed by atoms with E-state index < -0.39 is 235 Å². The van der Waals surface area contributed by atoms with Crippen molar-refractivity contribution in [3.8, 4) is 5.75 Å². The number of nitrogens with two attached hydrogens (primary N) is 2. The van der Waals surface area contributed by atoms with Gasteiger partial charge in [-0.15, -0.1) is 0 Å². The number of phenols is 1. The number of aliphatic hydroxyl groups is 3. The number of H-pyrrole nitrogens is 3. The number of likely N-dealkylation sites (tertiary alicyclic amines) is 1. The Balaban J connectivity index is 0.992. The number of hydrogen-bond donors (Lipinski definition) is 26. The second-order valence-corrected chi connectivity index (χ2v) is 35.3. The number of aromatic amines is 3. The number of carbonyl (C=O) groups is 16. The molecule has 0 bridgehead atoms. The molecule has 8 rings (SSSR count). The number of nitrogens with one attached hydrogen (secondary N) is 18. The van der Waals surface area contributed by atoms with Crippen molar-refractivity contribution >= 4 is 112 Å². The predicted molar refractivity (Wildman–Crippen MR) is 500 cm³/mol. The smallest absolute Gasteiger partial charge is 0.326 e. The first-order valence-electron chi connectivity index (χ1n) is 45.4. The Hall–Kier alpha value is -14.7. The number of fused-ring (bicyclic) bond motifs is 1. The second-order valence-electron chi connectivity index (χ2n) is 35.3. The van der Waals surface area contributed by atoms with Crippen molar-refractivity contribution in [1.82, 2.24) is 104 Å². The fourth-order valence-corrected chi connectivity index (χ4v) is 15.5. The number of phenolic OH excluding ortho intramolecular Hbond substituents is 1. The summed E-state index contributed by atoms with van der Waals surface area (Å²) in [6, 6.07) is 5.04. The third-order valence-corrected chi connectivity index (χ3v) is 22.8. The van der Waals surface area contributed by atoms with Crippen LogP contribution in [0.5, 0.6) is 5.75 Å². The van der Waals surface area contributed by atoms with Crippen LogP contribution in [-0.4, -0.2) is 284 Å². The van der Waals surface area contributed by atoms with Gasteiger partial charge < -0.3 is 136 Å². The fourth-order valence-electron chi connectivity index (χ4n) is 15.5. The fraction of sp³-hybridized carbons (Fsp3) is 0.473. The second kappa shape index (κ2) is 53.0. The minimum Gasteiger partial charge on any atom is -0.508 e. The van der Waals surface area contributed by atoms with Crippen molar-refractivity contribution in [2.75, 3.05) is 19.7 Å². The van der Waals surface area contributed by atoms with Crippen LogP contribution in [0.4, 0.5) is 0 Å². The van der Waals surface area contributed by atoms with Gasteiger partial charge in [-0.1, -0.05) is 133 Å². The van der Waals surface area contributed by atoms with Crippen molar-refractivity contribution in [3.63, 3.8) is 0 Å². The van der Waals surface area contributed by atoms with E-state index in [1.54, 1.807) is 98.8 Å². The summed E-state index contributed by atoms with van der Waals surface area (Å²) < 4.78 is 0. The van der Waals surface area contributed by atoms with Crippen molar-refractivity contribution in [2.45, 2.75) is 242 Å². The standard InChI is InChI=1S/C93H127N23O22/c1-48(2)33-64(104-78(123)61(94)35-53-19-11-9-12-20-53)80(125)109-69(39-57-43-97-46-101-57)86(131)114-76(51(7)118)90(135)103-63(25-17-31-99-93(95)96)79(124)105-65(34-49(3)4)81(126)107-67(36-54-21-13-10-14-22-54)85(130)113-75(50(5)6)89(134)112-72(45-117)88(133)111-71(41-74(121)122)84(129)108-68(38-56-42-100-62-24-16-15-23-60(56)62)83(128)106-66(37-55-27-29-59(120)30-28-55)82(127)110-70(40-58-44-98-47-102-58)87(132)115-77(52(8)119)91(136)116-32-18-26-73(116)92(137)138/h9-16,19-24,27-30,42-44,46-52,61,63-73,75-77,100,117-120H,17-18,25-26,31-41,45,94H2,1-8H3,(H,97,101)(H,98,102)(H,103,135)(H,104,123)(H,105,124)(H,106,128)(H,107,126)(H,108,129)(H,109,125)(H,110,127)(H,111,133)(H,112,134)(H,113,130)(H,114,131)(H,115,132)(H,121,122)(H,137,138)(H4,95,96,99)/t51-,52-,61+,63+,64+,65+,66+,67+,68+,69+,70+,71+,72+,73+,75+,76+,77+/m1/s1. The molecule has 0 aliphatic carbocycles. The van der Waals surface area contributed by atoms with Gasteiger partial charge in [0.15, 0.2) is 5.96 Å². The molecule has 45 nitrogen and oxygen atoms in total. The van der Waals surface area contributed by atoms with Crippen molar-refractivity contribution in [1.29, 1.82) is 5.41 Å². The highest BCUT2D eigenvalue weighted by Crippen LogP contribution is 2.24. The van der Waals surface area contributed by atoms with Crippen LogP contribution in [0.25, 0.3) is 10.9 Å². The highest BCUT2D eigenvalue weighted by Gasteiger charge is 2.44. The maximum absolute atomic E-state index is 15.2. The summed E-state index contributed by atoms with van der Waals surface area (Å²) in [7, 11) is 0. The monoisotopic (exact) mass is 1920 g/mol. The maximum Gasteiger partial charge on any atom is 0.326 e. The molecular formula is C93H127N23O22. The molecular weight excluding hydrogens is 1790 g/mol. The largest absolute Gasteiger partial charge is 0.508 e. The van der Waals surface area contributed by atoms with Crippen molar-refractivity contribution < 1.29 is 107 Å². The molecule has 138 heavy (non-hydrogen) atoms. The first kappa shape index (κ1) is 109. The molecule has 0 unspecified atom stereocenters. The first-order valence-corrected chi connectivity index (χ1v) is 45.4. The van der Waals surface area contributed by atoms with Crippen molar-refractivity contribution in [3.05, 3.63) is 174 Å². The van der Waals surface area contributed by atoms with Gasteiger partial charge in [-0.05, 0) is 117 Å². The number of aromatic hydroxyl groups is 1. The zero-order chi connectivity index (χ0) is 101. The zero-order valence-corrected chi connectivity index (χ0v) is 77.9. The molecule has 1 aliphatic rings. The number of benzene rings is 4. The Morgan fingerprint density at radius 3 is 1.34 bits per heavy atom. The maximum atomic E-state index is 15.2. The van der Waals surface area contributed by atoms with Gasteiger partial charge in [0.25, 0.3) is 0 Å². The summed E-state index contributed by atoms with van der Waals surface area (Å²) in [5.74, 6) is -19.6. The molecule has 4 aromatic carbocycles. The Kier molecular flexibility index (Phi) is 41.7. The minimum absolute atomic E-state index is 0.00606. The number of para-hydroxylation sites is 1. The highest BCUT2D eigenvalue weighted by molar-refractivity contribution is 6.02. The molecule has 28 N–H and O–H groups in total. The lowest BCUT2D eigenvalue weighted by atomic mass is 9.99. The van der Waals surface area contributed by atoms with E-state index in [2.05, 4.69) is 99.4 Å². The number of rotatable bonds is 54. The lowest BCUT2D eigenvalue weighted by Crippen LogP contribution is -2.63. The van der Waals surface area contributed by atoms with E-state index in [4.69, 9.17) is 16.9 Å². The minimum atomic E-state index is -2.14. The lowest BCUT2D eigenvalue weighted by Gasteiger charge is -2.30. The SMILES string of the molecule is CC(C)C[C@H](NC(=O)[C@H](CCCNC(=N)N)NC(=O)[C@@H](NC(=O)[C@H](Cc1cnc[nH]1)NC(=O)[C@H](CC(C)C)NC(=O)[C@@H](N)Cc1ccccc1)[C@@H](C)O)C(=O)N[C@@H](Cc1ccccc1)C(=O)N[C@H](C(=O)N[C@@H](CO)C(=O)N[C@@H](CC(=O)O)C(=O)N[C@@H](Cc1c[nH]c2ccccc12)C(=O)N[C@@H](Cc1ccc(O)cc1)C(=O)N[C@@H](Cc1cnc[nH]1)C(=O)N[C@H](C(=O)N1CCC[C@H]1C(=O)O)[C@@H](C)O)C(C)C. The molecule has 45 heteroatoms. The number of aliphatic carboxylic acids is 2. The molecule has 0 saturated carbocycles. The Morgan fingerprint density at radius 2 is 0.862 bits per heavy atom. The van der Waals surface area contributed by atoms with Crippen LogP contribution in [0.1, 0.15) is 134 Å². The number of guanidine groups is 1. The molecule has 14 amide bonds.